The van der Waals surface area contributed by atoms with Crippen LogP contribution in [0.5, 0.6) is 5.75 Å². The predicted octanol–water partition coefficient (Wildman–Crippen LogP) is 3.27. The molecule has 0 fully saturated rings. The van der Waals surface area contributed by atoms with Crippen LogP contribution in [0.1, 0.15) is 11.1 Å². The van der Waals surface area contributed by atoms with Crippen molar-refractivity contribution in [2.45, 2.75) is 0 Å². The molecular formula is C16H12O4. The third-order valence-electron chi connectivity index (χ3n) is 2.95. The number of benzene rings is 1. The molecular weight excluding hydrogens is 256 g/mol. The van der Waals surface area contributed by atoms with Crippen LogP contribution >= 0.6 is 0 Å². The highest BCUT2D eigenvalue weighted by molar-refractivity contribution is 6.05. The van der Waals surface area contributed by atoms with Gasteiger partial charge >= 0.3 is 5.97 Å². The Morgan fingerprint density at radius 3 is 2.90 bits per heavy atom. The molecule has 100 valence electrons. The number of hydrogen-bond donors (Lipinski definition) is 0. The summed E-state index contributed by atoms with van der Waals surface area (Å²) in [6, 6.07) is 9.21. The summed E-state index contributed by atoms with van der Waals surface area (Å²) in [7, 11) is 1.60. The largest absolute Gasteiger partial charge is 0.497 e. The molecule has 2 aromatic rings. The van der Waals surface area contributed by atoms with Gasteiger partial charge in [0.15, 0.2) is 0 Å². The van der Waals surface area contributed by atoms with Gasteiger partial charge in [-0.2, -0.15) is 0 Å². The summed E-state index contributed by atoms with van der Waals surface area (Å²) < 4.78 is 15.3. The monoisotopic (exact) mass is 268 g/mol. The average Bonchev–Trinajstić information content (AvgIpc) is 3.10. The number of ether oxygens (including phenoxy) is 2. The lowest BCUT2D eigenvalue weighted by Gasteiger charge is -2.00. The molecule has 0 aliphatic carbocycles. The van der Waals surface area contributed by atoms with E-state index in [0.29, 0.717) is 11.3 Å². The molecule has 4 nitrogen and oxygen atoms in total. The van der Waals surface area contributed by atoms with E-state index >= 15 is 0 Å². The zero-order chi connectivity index (χ0) is 13.9. The van der Waals surface area contributed by atoms with Crippen molar-refractivity contribution < 1.29 is 18.7 Å². The van der Waals surface area contributed by atoms with E-state index in [9.17, 15) is 4.79 Å². The lowest BCUT2D eigenvalue weighted by atomic mass is 10.1. The minimum atomic E-state index is -0.371. The predicted molar refractivity (Wildman–Crippen MR) is 73.7 cm³/mol. The Kier molecular flexibility index (Phi) is 3.13. The van der Waals surface area contributed by atoms with Gasteiger partial charge in [-0.1, -0.05) is 12.1 Å². The fourth-order valence-corrected chi connectivity index (χ4v) is 1.95. The first-order valence-corrected chi connectivity index (χ1v) is 6.08. The summed E-state index contributed by atoms with van der Waals surface area (Å²) in [4.78, 5) is 11.8. The fourth-order valence-electron chi connectivity index (χ4n) is 1.95. The van der Waals surface area contributed by atoms with Crippen LogP contribution in [0.25, 0.3) is 11.8 Å². The SMILES string of the molecule is COc1cccc(/C=C2\C=C(c3ccoc3)OC2=O)c1. The molecule has 1 aliphatic rings. The number of rotatable bonds is 3. The number of carbonyl (C=O) groups is 1. The van der Waals surface area contributed by atoms with E-state index in [1.54, 1.807) is 25.3 Å². The second kappa shape index (κ2) is 5.09. The van der Waals surface area contributed by atoms with Crippen LogP contribution in [0.2, 0.25) is 0 Å². The van der Waals surface area contributed by atoms with Crippen molar-refractivity contribution >= 4 is 17.8 Å². The van der Waals surface area contributed by atoms with Crippen LogP contribution in [-0.2, 0) is 9.53 Å². The second-order valence-corrected chi connectivity index (χ2v) is 4.29. The smallest absolute Gasteiger partial charge is 0.343 e. The minimum Gasteiger partial charge on any atom is -0.497 e. The molecule has 0 atom stereocenters. The van der Waals surface area contributed by atoms with Crippen molar-refractivity contribution in [1.82, 2.24) is 0 Å². The van der Waals surface area contributed by atoms with Crippen LogP contribution < -0.4 is 4.74 Å². The first-order valence-electron chi connectivity index (χ1n) is 6.08. The Morgan fingerprint density at radius 1 is 1.25 bits per heavy atom. The summed E-state index contributed by atoms with van der Waals surface area (Å²) in [6.45, 7) is 0. The van der Waals surface area contributed by atoms with Crippen LogP contribution in [0, 0.1) is 0 Å². The zero-order valence-corrected chi connectivity index (χ0v) is 10.8. The van der Waals surface area contributed by atoms with E-state index in [-0.39, 0.29) is 5.97 Å². The Labute approximate surface area is 115 Å². The molecule has 1 aromatic carbocycles. The van der Waals surface area contributed by atoms with Crippen LogP contribution in [0.3, 0.4) is 0 Å². The number of furan rings is 1. The molecule has 3 rings (SSSR count). The minimum absolute atomic E-state index is 0.371. The highest BCUT2D eigenvalue weighted by Gasteiger charge is 2.22. The number of cyclic esters (lactones) is 1. The molecule has 0 bridgehead atoms. The molecule has 0 saturated carbocycles. The zero-order valence-electron chi connectivity index (χ0n) is 10.8. The third kappa shape index (κ3) is 2.36. The quantitative estimate of drug-likeness (QED) is 0.633. The Bertz CT molecular complexity index is 693. The summed E-state index contributed by atoms with van der Waals surface area (Å²) in [5.74, 6) is 0.867. The highest BCUT2D eigenvalue weighted by atomic mass is 16.5. The summed E-state index contributed by atoms with van der Waals surface area (Å²) in [5.41, 5.74) is 2.11. The Balaban J connectivity index is 1.93. The molecule has 1 aliphatic heterocycles. The number of methoxy groups -OCH3 is 1. The van der Waals surface area contributed by atoms with Gasteiger partial charge in [0.2, 0.25) is 0 Å². The van der Waals surface area contributed by atoms with Gasteiger partial charge in [0.25, 0.3) is 0 Å². The van der Waals surface area contributed by atoms with Crippen molar-refractivity contribution in [3.63, 3.8) is 0 Å². The Morgan fingerprint density at radius 2 is 2.15 bits per heavy atom. The standard InChI is InChI=1S/C16H12O4/c1-18-14-4-2-3-11(8-14)7-13-9-15(20-16(13)17)12-5-6-19-10-12/h2-10H,1H3/b13-7+. The first-order chi connectivity index (χ1) is 9.76. The average molecular weight is 268 g/mol. The molecule has 0 amide bonds. The topological polar surface area (TPSA) is 48.7 Å². The summed E-state index contributed by atoms with van der Waals surface area (Å²) in [6.07, 6.45) is 6.53. The molecule has 0 spiro atoms. The number of carbonyl (C=O) groups excluding carboxylic acids is 1. The summed E-state index contributed by atoms with van der Waals surface area (Å²) >= 11 is 0. The van der Waals surface area contributed by atoms with E-state index in [1.165, 1.54) is 12.5 Å². The van der Waals surface area contributed by atoms with E-state index < -0.39 is 0 Å². The van der Waals surface area contributed by atoms with Gasteiger partial charge in [-0.05, 0) is 35.9 Å². The fraction of sp³-hybridized carbons (Fsp3) is 0.0625. The molecule has 0 saturated heterocycles. The van der Waals surface area contributed by atoms with Gasteiger partial charge in [-0.3, -0.25) is 0 Å². The van der Waals surface area contributed by atoms with Crippen molar-refractivity contribution in [2.75, 3.05) is 7.11 Å². The van der Waals surface area contributed by atoms with E-state index in [2.05, 4.69) is 0 Å². The van der Waals surface area contributed by atoms with Gasteiger partial charge in [0, 0.05) is 0 Å². The second-order valence-electron chi connectivity index (χ2n) is 4.29. The summed E-state index contributed by atoms with van der Waals surface area (Å²) in [5, 5.41) is 0. The maximum Gasteiger partial charge on any atom is 0.343 e. The van der Waals surface area contributed by atoms with Gasteiger partial charge < -0.3 is 13.9 Å². The molecule has 20 heavy (non-hydrogen) atoms. The van der Waals surface area contributed by atoms with Crippen LogP contribution in [-0.4, -0.2) is 13.1 Å². The van der Waals surface area contributed by atoms with Gasteiger partial charge in [-0.15, -0.1) is 0 Å². The number of hydrogen-bond acceptors (Lipinski definition) is 4. The van der Waals surface area contributed by atoms with Gasteiger partial charge in [-0.25, -0.2) is 4.79 Å². The molecule has 4 heteroatoms. The van der Waals surface area contributed by atoms with Crippen LogP contribution in [0.15, 0.2) is 58.9 Å². The molecule has 0 unspecified atom stereocenters. The van der Waals surface area contributed by atoms with Crippen molar-refractivity contribution in [3.05, 3.63) is 65.6 Å². The van der Waals surface area contributed by atoms with Gasteiger partial charge in [0.1, 0.15) is 17.8 Å². The highest BCUT2D eigenvalue weighted by Crippen LogP contribution is 2.28. The Hall–Kier alpha value is -2.75. The maximum atomic E-state index is 11.8. The molecule has 1 aromatic heterocycles. The number of esters is 1. The van der Waals surface area contributed by atoms with Crippen LogP contribution in [0.4, 0.5) is 0 Å². The van der Waals surface area contributed by atoms with Crippen molar-refractivity contribution in [2.24, 2.45) is 0 Å². The van der Waals surface area contributed by atoms with E-state index in [0.717, 1.165) is 16.9 Å². The maximum absolute atomic E-state index is 11.8. The van der Waals surface area contributed by atoms with Gasteiger partial charge in [0.05, 0.1) is 24.5 Å². The van der Waals surface area contributed by atoms with E-state index in [1.807, 2.05) is 24.3 Å². The molecule has 0 N–H and O–H groups in total. The normalized spacial score (nSPS) is 16.1. The molecule has 0 radical (unpaired) electrons. The lowest BCUT2D eigenvalue weighted by molar-refractivity contribution is -0.130. The lowest BCUT2D eigenvalue weighted by Crippen LogP contribution is -1.96. The molecule has 2 heterocycles. The van der Waals surface area contributed by atoms with Crippen molar-refractivity contribution in [3.8, 4) is 5.75 Å². The third-order valence-corrected chi connectivity index (χ3v) is 2.95. The van der Waals surface area contributed by atoms with E-state index in [4.69, 9.17) is 13.9 Å². The van der Waals surface area contributed by atoms with Crippen molar-refractivity contribution in [1.29, 1.82) is 0 Å². The first kappa shape index (κ1) is 12.3.